The van der Waals surface area contributed by atoms with Crippen molar-refractivity contribution in [1.82, 2.24) is 0 Å². The second-order valence-electron chi connectivity index (χ2n) is 2.35. The number of fused-ring (bicyclic) bond motifs is 1. The highest BCUT2D eigenvalue weighted by atomic mass is 127. The molecule has 2 rings (SSSR count). The Morgan fingerprint density at radius 1 is 1.33 bits per heavy atom. The molecule has 0 saturated heterocycles. The Morgan fingerprint density at radius 2 is 2.08 bits per heavy atom. The largest absolute Gasteiger partial charge is 0.206 e. The molecule has 0 radical (unpaired) electrons. The molecule has 0 N–H and O–H groups in total. The van der Waals surface area contributed by atoms with Crippen molar-refractivity contribution in [3.8, 4) is 0 Å². The van der Waals surface area contributed by atoms with Gasteiger partial charge in [-0.3, -0.25) is 0 Å². The zero-order valence-electron chi connectivity index (χ0n) is 5.77. The van der Waals surface area contributed by atoms with Gasteiger partial charge in [0.25, 0.3) is 0 Å². The van der Waals surface area contributed by atoms with Gasteiger partial charge in [0.15, 0.2) is 0 Å². The van der Waals surface area contributed by atoms with E-state index in [-0.39, 0.29) is 5.82 Å². The van der Waals surface area contributed by atoms with Crippen molar-refractivity contribution in [2.45, 2.75) is 0 Å². The quantitative estimate of drug-likeness (QED) is 0.613. The highest BCUT2D eigenvalue weighted by Gasteiger charge is 2.04. The molecule has 0 aliphatic rings. The number of benzene rings is 1. The fraction of sp³-hybridized carbons (Fsp3) is 0. The molecule has 0 bridgehead atoms. The van der Waals surface area contributed by atoms with Crippen molar-refractivity contribution in [2.24, 2.45) is 0 Å². The SMILES string of the molecule is Fc1cc2sc(I)cc2cc1Br. The highest BCUT2D eigenvalue weighted by Crippen LogP contribution is 2.30. The summed E-state index contributed by atoms with van der Waals surface area (Å²) in [6, 6.07) is 5.42. The topological polar surface area (TPSA) is 0 Å². The Kier molecular flexibility index (Phi) is 2.39. The summed E-state index contributed by atoms with van der Waals surface area (Å²) >= 11 is 6.99. The summed E-state index contributed by atoms with van der Waals surface area (Å²) in [5.41, 5.74) is 0. The van der Waals surface area contributed by atoms with Crippen molar-refractivity contribution >= 4 is 59.9 Å². The van der Waals surface area contributed by atoms with E-state index in [1.807, 2.05) is 12.1 Å². The van der Waals surface area contributed by atoms with E-state index in [2.05, 4.69) is 38.5 Å². The summed E-state index contributed by atoms with van der Waals surface area (Å²) in [6.07, 6.45) is 0. The maximum absolute atomic E-state index is 13.0. The minimum absolute atomic E-state index is 0.194. The monoisotopic (exact) mass is 356 g/mol. The predicted molar refractivity (Wildman–Crippen MR) is 62.2 cm³/mol. The second kappa shape index (κ2) is 3.23. The van der Waals surface area contributed by atoms with E-state index in [9.17, 15) is 4.39 Å². The van der Waals surface area contributed by atoms with Crippen LogP contribution in [0.15, 0.2) is 22.7 Å². The number of hydrogen-bond acceptors (Lipinski definition) is 1. The van der Waals surface area contributed by atoms with Gasteiger partial charge in [0.1, 0.15) is 5.82 Å². The molecule has 0 amide bonds. The van der Waals surface area contributed by atoms with Crippen LogP contribution in [-0.2, 0) is 0 Å². The molecule has 2 aromatic rings. The van der Waals surface area contributed by atoms with Gasteiger partial charge in [-0.2, -0.15) is 0 Å². The molecule has 0 aliphatic carbocycles. The average Bonchev–Trinajstić information content (AvgIpc) is 2.30. The molecule has 1 aromatic heterocycles. The smallest absolute Gasteiger partial charge is 0.138 e. The average molecular weight is 357 g/mol. The first kappa shape index (κ1) is 8.90. The third-order valence-corrected chi connectivity index (χ3v) is 4.00. The van der Waals surface area contributed by atoms with Gasteiger partial charge in [-0.15, -0.1) is 11.3 Å². The molecule has 0 nitrogen and oxygen atoms in total. The molecular formula is C8H3BrFIS. The third-order valence-electron chi connectivity index (χ3n) is 1.53. The Labute approximate surface area is 95.0 Å². The lowest BCUT2D eigenvalue weighted by Gasteiger charge is -1.92. The molecule has 0 spiro atoms. The van der Waals surface area contributed by atoms with E-state index in [1.165, 1.54) is 2.88 Å². The van der Waals surface area contributed by atoms with Crippen LogP contribution in [-0.4, -0.2) is 0 Å². The van der Waals surface area contributed by atoms with Gasteiger partial charge in [0, 0.05) is 4.70 Å². The summed E-state index contributed by atoms with van der Waals surface area (Å²) in [7, 11) is 0. The van der Waals surface area contributed by atoms with Gasteiger partial charge in [-0.1, -0.05) is 0 Å². The van der Waals surface area contributed by atoms with Crippen LogP contribution in [0.25, 0.3) is 10.1 Å². The summed E-state index contributed by atoms with van der Waals surface area (Å²) in [6.45, 7) is 0. The summed E-state index contributed by atoms with van der Waals surface area (Å²) in [5, 5.41) is 1.10. The van der Waals surface area contributed by atoms with Gasteiger partial charge in [0.05, 0.1) is 7.36 Å². The summed E-state index contributed by atoms with van der Waals surface area (Å²) < 4.78 is 15.7. The van der Waals surface area contributed by atoms with Gasteiger partial charge >= 0.3 is 0 Å². The number of rotatable bonds is 0. The van der Waals surface area contributed by atoms with Crippen molar-refractivity contribution < 1.29 is 4.39 Å². The van der Waals surface area contributed by atoms with Crippen LogP contribution in [0, 0.1) is 8.70 Å². The first-order chi connectivity index (χ1) is 5.66. The summed E-state index contributed by atoms with van der Waals surface area (Å²) in [4.78, 5) is 0. The Morgan fingerprint density at radius 3 is 2.83 bits per heavy atom. The second-order valence-corrected chi connectivity index (χ2v) is 6.19. The third kappa shape index (κ3) is 1.52. The molecule has 0 atom stereocenters. The standard InChI is InChI=1S/C8H3BrFIS/c9-5-1-4-2-8(11)12-7(4)3-6(5)10/h1-3H. The molecule has 0 fully saturated rings. The van der Waals surface area contributed by atoms with Crippen LogP contribution in [0.2, 0.25) is 0 Å². The molecule has 0 unspecified atom stereocenters. The lowest BCUT2D eigenvalue weighted by molar-refractivity contribution is 0.623. The maximum Gasteiger partial charge on any atom is 0.138 e. The minimum atomic E-state index is -0.194. The fourth-order valence-corrected chi connectivity index (χ4v) is 3.20. The van der Waals surface area contributed by atoms with Gasteiger partial charge in [-0.25, -0.2) is 4.39 Å². The molecule has 1 heterocycles. The zero-order valence-corrected chi connectivity index (χ0v) is 10.3. The predicted octanol–water partition coefficient (Wildman–Crippen LogP) is 4.41. The number of hydrogen-bond donors (Lipinski definition) is 0. The van der Waals surface area contributed by atoms with Crippen LogP contribution in [0.5, 0.6) is 0 Å². The first-order valence-electron chi connectivity index (χ1n) is 3.21. The maximum atomic E-state index is 13.0. The van der Waals surface area contributed by atoms with E-state index in [0.29, 0.717) is 4.47 Å². The van der Waals surface area contributed by atoms with Crippen LogP contribution in [0.1, 0.15) is 0 Å². The van der Waals surface area contributed by atoms with E-state index in [4.69, 9.17) is 0 Å². The van der Waals surface area contributed by atoms with Crippen molar-refractivity contribution in [3.63, 3.8) is 0 Å². The summed E-state index contributed by atoms with van der Waals surface area (Å²) in [5.74, 6) is -0.194. The minimum Gasteiger partial charge on any atom is -0.206 e. The molecule has 0 aliphatic heterocycles. The van der Waals surface area contributed by atoms with E-state index in [0.717, 1.165) is 10.1 Å². The molecule has 62 valence electrons. The Balaban J connectivity index is 2.83. The van der Waals surface area contributed by atoms with E-state index in [1.54, 1.807) is 17.4 Å². The van der Waals surface area contributed by atoms with Gasteiger partial charge in [0.2, 0.25) is 0 Å². The molecule has 4 heteroatoms. The van der Waals surface area contributed by atoms with E-state index < -0.39 is 0 Å². The van der Waals surface area contributed by atoms with E-state index >= 15 is 0 Å². The van der Waals surface area contributed by atoms with Crippen LogP contribution in [0.4, 0.5) is 4.39 Å². The molecule has 0 saturated carbocycles. The van der Waals surface area contributed by atoms with Crippen molar-refractivity contribution in [3.05, 3.63) is 31.4 Å². The van der Waals surface area contributed by atoms with Crippen LogP contribution < -0.4 is 0 Å². The lowest BCUT2D eigenvalue weighted by Crippen LogP contribution is -1.73. The van der Waals surface area contributed by atoms with Crippen molar-refractivity contribution in [2.75, 3.05) is 0 Å². The molecular weight excluding hydrogens is 354 g/mol. The van der Waals surface area contributed by atoms with Gasteiger partial charge < -0.3 is 0 Å². The number of thiophene rings is 1. The van der Waals surface area contributed by atoms with Crippen LogP contribution in [0.3, 0.4) is 0 Å². The highest BCUT2D eigenvalue weighted by molar-refractivity contribution is 14.1. The fourth-order valence-electron chi connectivity index (χ4n) is 1.00. The normalized spacial score (nSPS) is 10.9. The Bertz CT molecular complexity index is 399. The zero-order chi connectivity index (χ0) is 8.72. The molecule has 1 aromatic carbocycles. The Hall–Kier alpha value is 0.320. The molecule has 12 heavy (non-hydrogen) atoms. The lowest BCUT2D eigenvalue weighted by atomic mass is 10.3. The van der Waals surface area contributed by atoms with Crippen molar-refractivity contribution in [1.29, 1.82) is 0 Å². The van der Waals surface area contributed by atoms with Crippen LogP contribution >= 0.6 is 49.9 Å². The first-order valence-corrected chi connectivity index (χ1v) is 5.90. The van der Waals surface area contributed by atoms with Gasteiger partial charge in [-0.05, 0) is 62.1 Å². The number of halogens is 3.